The summed E-state index contributed by atoms with van der Waals surface area (Å²) in [5, 5.41) is 3.49. The Kier molecular flexibility index (Phi) is 5.43. The van der Waals surface area contributed by atoms with Crippen molar-refractivity contribution in [1.29, 1.82) is 0 Å². The van der Waals surface area contributed by atoms with E-state index in [1.807, 2.05) is 0 Å². The van der Waals surface area contributed by atoms with E-state index in [9.17, 15) is 13.2 Å². The third-order valence-electron chi connectivity index (χ3n) is 4.98. The minimum absolute atomic E-state index is 0.192. The van der Waals surface area contributed by atoms with E-state index in [4.69, 9.17) is 17.3 Å². The first-order chi connectivity index (χ1) is 13.7. The number of anilines is 1. The zero-order valence-electron chi connectivity index (χ0n) is 15.0. The van der Waals surface area contributed by atoms with Crippen LogP contribution in [0.5, 0.6) is 0 Å². The van der Waals surface area contributed by atoms with Gasteiger partial charge in [-0.25, -0.2) is 15.0 Å². The maximum atomic E-state index is 13.2. The SMILES string of the molecule is NC1CCC(Nc2ncc(Cl)c(-c3cnc4c(Br)cc(C(F)(F)F)cn34)n2)CC1. The van der Waals surface area contributed by atoms with Gasteiger partial charge in [0.25, 0.3) is 0 Å². The molecule has 0 bridgehead atoms. The maximum absolute atomic E-state index is 13.2. The standard InChI is InChI=1S/C18H17BrClF3N6/c19-12-5-9(18(21,22)23)8-29-14(7-25-16(12)29)15-13(20)6-26-17(28-15)27-11-3-1-10(24)2-4-11/h5-8,10-11H,1-4,24H2,(H,26,27,28). The van der Waals surface area contributed by atoms with E-state index in [-0.39, 0.29) is 21.6 Å². The van der Waals surface area contributed by atoms with Crippen LogP contribution in [-0.2, 0) is 6.18 Å². The van der Waals surface area contributed by atoms with Crippen LogP contribution in [0.25, 0.3) is 17.0 Å². The fraction of sp³-hybridized carbons (Fsp3) is 0.389. The lowest BCUT2D eigenvalue weighted by atomic mass is 9.92. The fourth-order valence-corrected chi connectivity index (χ4v) is 4.17. The van der Waals surface area contributed by atoms with E-state index in [0.29, 0.717) is 23.0 Å². The van der Waals surface area contributed by atoms with Gasteiger partial charge >= 0.3 is 6.18 Å². The van der Waals surface area contributed by atoms with Crippen LogP contribution in [0.15, 0.2) is 29.1 Å². The lowest BCUT2D eigenvalue weighted by molar-refractivity contribution is -0.137. The molecular formula is C18H17BrClF3N6. The third kappa shape index (κ3) is 4.19. The summed E-state index contributed by atoms with van der Waals surface area (Å²) in [5.41, 5.74) is 6.10. The molecular weight excluding hydrogens is 473 g/mol. The van der Waals surface area contributed by atoms with Crippen molar-refractivity contribution in [1.82, 2.24) is 19.4 Å². The third-order valence-corrected chi connectivity index (χ3v) is 5.84. The Balaban J connectivity index is 1.72. The molecule has 0 unspecified atom stereocenters. The van der Waals surface area contributed by atoms with Crippen molar-refractivity contribution in [2.45, 2.75) is 43.9 Å². The van der Waals surface area contributed by atoms with Crippen LogP contribution in [0.4, 0.5) is 19.1 Å². The summed E-state index contributed by atoms with van der Waals surface area (Å²) in [6, 6.07) is 1.40. The normalized spacial score (nSPS) is 20.2. The molecule has 4 rings (SSSR count). The molecule has 0 aromatic carbocycles. The van der Waals surface area contributed by atoms with Crippen molar-refractivity contribution in [3.63, 3.8) is 0 Å². The van der Waals surface area contributed by atoms with Crippen LogP contribution >= 0.6 is 27.5 Å². The van der Waals surface area contributed by atoms with Gasteiger partial charge < -0.3 is 11.1 Å². The second kappa shape index (κ2) is 7.73. The van der Waals surface area contributed by atoms with Crippen LogP contribution in [0.1, 0.15) is 31.2 Å². The molecule has 29 heavy (non-hydrogen) atoms. The van der Waals surface area contributed by atoms with E-state index in [1.54, 1.807) is 0 Å². The molecule has 1 aliphatic rings. The summed E-state index contributed by atoms with van der Waals surface area (Å²) < 4.78 is 41.3. The number of fused-ring (bicyclic) bond motifs is 1. The number of imidazole rings is 1. The monoisotopic (exact) mass is 488 g/mol. The Morgan fingerprint density at radius 1 is 1.17 bits per heavy atom. The van der Waals surface area contributed by atoms with E-state index >= 15 is 0 Å². The minimum Gasteiger partial charge on any atom is -0.351 e. The minimum atomic E-state index is -4.50. The maximum Gasteiger partial charge on any atom is 0.417 e. The Hall–Kier alpha value is -1.91. The molecule has 0 atom stereocenters. The number of rotatable bonds is 3. The number of alkyl halides is 3. The Morgan fingerprint density at radius 2 is 1.90 bits per heavy atom. The molecule has 0 radical (unpaired) electrons. The number of aromatic nitrogens is 4. The highest BCUT2D eigenvalue weighted by Crippen LogP contribution is 2.35. The number of nitrogens with one attached hydrogen (secondary N) is 1. The number of nitrogens with two attached hydrogens (primary N) is 1. The van der Waals surface area contributed by atoms with Crippen LogP contribution < -0.4 is 11.1 Å². The molecule has 3 heterocycles. The molecule has 154 valence electrons. The van der Waals surface area contributed by atoms with E-state index in [0.717, 1.165) is 37.9 Å². The van der Waals surface area contributed by atoms with Crippen molar-refractivity contribution < 1.29 is 13.2 Å². The van der Waals surface area contributed by atoms with Crippen molar-refractivity contribution in [3.05, 3.63) is 39.7 Å². The van der Waals surface area contributed by atoms with Gasteiger partial charge in [0.15, 0.2) is 5.65 Å². The highest BCUT2D eigenvalue weighted by atomic mass is 79.9. The topological polar surface area (TPSA) is 81.1 Å². The zero-order chi connectivity index (χ0) is 20.8. The summed E-state index contributed by atoms with van der Waals surface area (Å²) >= 11 is 9.43. The molecule has 0 spiro atoms. The summed E-state index contributed by atoms with van der Waals surface area (Å²) in [6.45, 7) is 0. The van der Waals surface area contributed by atoms with E-state index < -0.39 is 11.7 Å². The Bertz CT molecular complexity index is 1050. The number of halogens is 5. The summed E-state index contributed by atoms with van der Waals surface area (Å²) in [7, 11) is 0. The van der Waals surface area contributed by atoms with Gasteiger partial charge in [0.05, 0.1) is 33.1 Å². The van der Waals surface area contributed by atoms with Crippen LogP contribution in [0.2, 0.25) is 5.02 Å². The molecule has 1 fully saturated rings. The number of hydrogen-bond acceptors (Lipinski definition) is 5. The molecule has 0 amide bonds. The van der Waals surface area contributed by atoms with E-state index in [1.165, 1.54) is 16.8 Å². The molecule has 0 saturated heterocycles. The van der Waals surface area contributed by atoms with Gasteiger partial charge in [-0.05, 0) is 47.7 Å². The highest BCUT2D eigenvalue weighted by molar-refractivity contribution is 9.10. The first-order valence-electron chi connectivity index (χ1n) is 9.01. The van der Waals surface area contributed by atoms with Crippen LogP contribution in [0.3, 0.4) is 0 Å². The van der Waals surface area contributed by atoms with Crippen molar-refractivity contribution in [2.75, 3.05) is 5.32 Å². The van der Waals surface area contributed by atoms with Crippen molar-refractivity contribution in [3.8, 4) is 11.4 Å². The average molecular weight is 490 g/mol. The van der Waals surface area contributed by atoms with Crippen molar-refractivity contribution in [2.24, 2.45) is 5.73 Å². The largest absolute Gasteiger partial charge is 0.417 e. The number of nitrogens with zero attached hydrogens (tertiary/aromatic N) is 4. The Morgan fingerprint density at radius 3 is 2.59 bits per heavy atom. The Labute approximate surface area is 177 Å². The van der Waals surface area contributed by atoms with Gasteiger partial charge in [-0.1, -0.05) is 11.6 Å². The number of pyridine rings is 1. The smallest absolute Gasteiger partial charge is 0.351 e. The molecule has 3 aromatic heterocycles. The van der Waals surface area contributed by atoms with Gasteiger partial charge in [-0.15, -0.1) is 0 Å². The molecule has 1 saturated carbocycles. The van der Waals surface area contributed by atoms with Gasteiger partial charge in [0, 0.05) is 18.3 Å². The molecule has 1 aliphatic carbocycles. The summed E-state index contributed by atoms with van der Waals surface area (Å²) in [5.74, 6) is 0.367. The number of hydrogen-bond donors (Lipinski definition) is 2. The second-order valence-corrected chi connectivity index (χ2v) is 8.32. The highest BCUT2D eigenvalue weighted by Gasteiger charge is 2.32. The summed E-state index contributed by atoms with van der Waals surface area (Å²) in [4.78, 5) is 12.9. The first-order valence-corrected chi connectivity index (χ1v) is 10.2. The quantitative estimate of drug-likeness (QED) is 0.546. The van der Waals surface area contributed by atoms with Gasteiger partial charge in [-0.2, -0.15) is 13.2 Å². The predicted octanol–water partition coefficient (Wildman–Crippen LogP) is 4.91. The lowest BCUT2D eigenvalue weighted by Gasteiger charge is -2.26. The lowest BCUT2D eigenvalue weighted by Crippen LogP contribution is -2.33. The predicted molar refractivity (Wildman–Crippen MR) is 108 cm³/mol. The molecule has 11 heteroatoms. The van der Waals surface area contributed by atoms with E-state index in [2.05, 4.69) is 36.2 Å². The average Bonchev–Trinajstić information content (AvgIpc) is 3.09. The van der Waals surface area contributed by atoms with Crippen LogP contribution in [-0.4, -0.2) is 31.4 Å². The fourth-order valence-electron chi connectivity index (χ4n) is 3.44. The molecule has 3 N–H and O–H groups in total. The van der Waals surface area contributed by atoms with Gasteiger partial charge in [0.2, 0.25) is 5.95 Å². The molecule has 6 nitrogen and oxygen atoms in total. The van der Waals surface area contributed by atoms with Crippen molar-refractivity contribution >= 4 is 39.1 Å². The van der Waals surface area contributed by atoms with Gasteiger partial charge in [-0.3, -0.25) is 4.40 Å². The summed E-state index contributed by atoms with van der Waals surface area (Å²) in [6.07, 6.45) is 3.00. The zero-order valence-corrected chi connectivity index (χ0v) is 17.4. The molecule has 0 aliphatic heterocycles. The molecule has 3 aromatic rings. The van der Waals surface area contributed by atoms with Gasteiger partial charge in [0.1, 0.15) is 5.69 Å². The first kappa shape index (κ1) is 20.4. The van der Waals surface area contributed by atoms with Crippen LogP contribution in [0, 0.1) is 0 Å². The second-order valence-electron chi connectivity index (χ2n) is 7.06.